The molecule has 9 rings (SSSR count). The first kappa shape index (κ1) is 23.9. The highest BCUT2D eigenvalue weighted by atomic mass is 16.3. The molecule has 7 aromatic carbocycles. The van der Waals surface area contributed by atoms with Crippen molar-refractivity contribution in [1.82, 2.24) is 0 Å². The van der Waals surface area contributed by atoms with Crippen molar-refractivity contribution in [3.8, 4) is 11.1 Å². The summed E-state index contributed by atoms with van der Waals surface area (Å²) in [7, 11) is 0. The van der Waals surface area contributed by atoms with Crippen LogP contribution in [-0.2, 0) is 0 Å². The number of anilines is 3. The minimum absolute atomic E-state index is 0.869. The van der Waals surface area contributed by atoms with Crippen LogP contribution in [0.3, 0.4) is 0 Å². The summed E-state index contributed by atoms with van der Waals surface area (Å²) >= 11 is 0. The fraction of sp³-hybridized carbons (Fsp3) is 0. The van der Waals surface area contributed by atoms with Gasteiger partial charge in [-0.1, -0.05) is 84.9 Å². The summed E-state index contributed by atoms with van der Waals surface area (Å²) in [5.74, 6) is 0. The molecule has 43 heavy (non-hydrogen) atoms. The molecule has 0 aliphatic heterocycles. The molecule has 0 unspecified atom stereocenters. The van der Waals surface area contributed by atoms with Gasteiger partial charge in [0.25, 0.3) is 0 Å². The zero-order valence-electron chi connectivity index (χ0n) is 23.2. The first-order chi connectivity index (χ1) is 21.3. The van der Waals surface area contributed by atoms with Gasteiger partial charge in [0.1, 0.15) is 22.3 Å². The quantitative estimate of drug-likeness (QED) is 0.218. The molecule has 0 N–H and O–H groups in total. The van der Waals surface area contributed by atoms with Gasteiger partial charge in [-0.05, 0) is 88.6 Å². The number of hydrogen-bond acceptors (Lipinski definition) is 3. The maximum atomic E-state index is 6.41. The minimum Gasteiger partial charge on any atom is -0.456 e. The van der Waals surface area contributed by atoms with Crippen LogP contribution in [0.1, 0.15) is 0 Å². The van der Waals surface area contributed by atoms with Gasteiger partial charge in [0.05, 0.1) is 0 Å². The van der Waals surface area contributed by atoms with E-state index in [1.165, 1.54) is 10.8 Å². The Morgan fingerprint density at radius 1 is 0.372 bits per heavy atom. The van der Waals surface area contributed by atoms with Crippen molar-refractivity contribution in [2.45, 2.75) is 0 Å². The van der Waals surface area contributed by atoms with Crippen LogP contribution in [0.25, 0.3) is 65.8 Å². The SMILES string of the molecule is c1ccc(N(c2ccccc2)c2ccc3cc(-c4cccc5oc6ccc7oc8ccccc8c7c6c45)ccc3c2)cc1. The molecule has 2 heterocycles. The molecule has 3 nitrogen and oxygen atoms in total. The second-order valence-corrected chi connectivity index (χ2v) is 10.9. The van der Waals surface area contributed by atoms with Crippen LogP contribution >= 0.6 is 0 Å². The summed E-state index contributed by atoms with van der Waals surface area (Å²) in [6.07, 6.45) is 0. The summed E-state index contributed by atoms with van der Waals surface area (Å²) in [5.41, 5.74) is 9.18. The van der Waals surface area contributed by atoms with Crippen LogP contribution in [-0.4, -0.2) is 0 Å². The van der Waals surface area contributed by atoms with Gasteiger partial charge in [0.2, 0.25) is 0 Å². The average Bonchev–Trinajstić information content (AvgIpc) is 3.64. The molecule has 2 aromatic heterocycles. The molecule has 0 saturated carbocycles. The second kappa shape index (κ2) is 9.37. The fourth-order valence-corrected chi connectivity index (χ4v) is 6.50. The Labute approximate surface area is 247 Å². The summed E-state index contributed by atoms with van der Waals surface area (Å²) in [6.45, 7) is 0. The van der Waals surface area contributed by atoms with E-state index < -0.39 is 0 Å². The van der Waals surface area contributed by atoms with Crippen molar-refractivity contribution in [3.05, 3.63) is 152 Å². The molecule has 0 spiro atoms. The summed E-state index contributed by atoms with van der Waals surface area (Å²) in [5, 5.41) is 6.80. The van der Waals surface area contributed by atoms with Gasteiger partial charge in [0, 0.05) is 38.6 Å². The third-order valence-corrected chi connectivity index (χ3v) is 8.42. The fourth-order valence-electron chi connectivity index (χ4n) is 6.50. The lowest BCUT2D eigenvalue weighted by atomic mass is 9.95. The number of benzene rings is 7. The van der Waals surface area contributed by atoms with E-state index in [0.717, 1.165) is 72.1 Å². The predicted molar refractivity (Wildman–Crippen MR) is 179 cm³/mol. The lowest BCUT2D eigenvalue weighted by Crippen LogP contribution is -2.09. The normalized spacial score (nSPS) is 11.7. The molecular formula is C40H25NO2. The molecule has 0 bridgehead atoms. The van der Waals surface area contributed by atoms with Crippen molar-refractivity contribution in [1.29, 1.82) is 0 Å². The number of para-hydroxylation sites is 3. The van der Waals surface area contributed by atoms with Crippen molar-refractivity contribution < 1.29 is 8.83 Å². The van der Waals surface area contributed by atoms with Gasteiger partial charge in [-0.2, -0.15) is 0 Å². The number of nitrogens with zero attached hydrogens (tertiary/aromatic N) is 1. The van der Waals surface area contributed by atoms with Gasteiger partial charge < -0.3 is 13.7 Å². The first-order valence-corrected chi connectivity index (χ1v) is 14.5. The lowest BCUT2D eigenvalue weighted by molar-refractivity contribution is 0.663. The molecule has 9 aromatic rings. The highest BCUT2D eigenvalue weighted by molar-refractivity contribution is 6.28. The van der Waals surface area contributed by atoms with Crippen LogP contribution < -0.4 is 4.90 Å². The van der Waals surface area contributed by atoms with Crippen molar-refractivity contribution in [2.24, 2.45) is 0 Å². The largest absolute Gasteiger partial charge is 0.456 e. The van der Waals surface area contributed by atoms with Gasteiger partial charge >= 0.3 is 0 Å². The molecule has 202 valence electrons. The first-order valence-electron chi connectivity index (χ1n) is 14.5. The molecule has 0 amide bonds. The van der Waals surface area contributed by atoms with Crippen molar-refractivity contribution in [2.75, 3.05) is 4.90 Å². The zero-order valence-corrected chi connectivity index (χ0v) is 23.2. The molecule has 0 saturated heterocycles. The Bertz CT molecular complexity index is 2410. The highest BCUT2D eigenvalue weighted by Crippen LogP contribution is 2.44. The van der Waals surface area contributed by atoms with Crippen molar-refractivity contribution in [3.63, 3.8) is 0 Å². The maximum Gasteiger partial charge on any atom is 0.136 e. The Kier molecular flexibility index (Phi) is 5.20. The van der Waals surface area contributed by atoms with Crippen LogP contribution in [0.5, 0.6) is 0 Å². The van der Waals surface area contributed by atoms with Gasteiger partial charge in [0.15, 0.2) is 0 Å². The molecule has 3 heteroatoms. The van der Waals surface area contributed by atoms with E-state index in [2.05, 4.69) is 132 Å². The van der Waals surface area contributed by atoms with Crippen molar-refractivity contribution >= 4 is 71.7 Å². The summed E-state index contributed by atoms with van der Waals surface area (Å²) < 4.78 is 12.6. The molecule has 0 fully saturated rings. The van der Waals surface area contributed by atoms with E-state index in [-0.39, 0.29) is 0 Å². The Hall–Kier alpha value is -5.80. The molecule has 0 radical (unpaired) electrons. The predicted octanol–water partition coefficient (Wildman–Crippen LogP) is 11.8. The molecule has 0 aliphatic rings. The third kappa shape index (κ3) is 3.75. The van der Waals surface area contributed by atoms with E-state index in [4.69, 9.17) is 8.83 Å². The van der Waals surface area contributed by atoms with E-state index >= 15 is 0 Å². The number of rotatable bonds is 4. The number of furan rings is 2. The number of fused-ring (bicyclic) bond motifs is 8. The smallest absolute Gasteiger partial charge is 0.136 e. The molecular weight excluding hydrogens is 526 g/mol. The lowest BCUT2D eigenvalue weighted by Gasteiger charge is -2.25. The summed E-state index contributed by atoms with van der Waals surface area (Å²) in [6, 6.07) is 53.1. The molecule has 0 aliphatic carbocycles. The Morgan fingerprint density at radius 2 is 0.977 bits per heavy atom. The Morgan fingerprint density at radius 3 is 1.77 bits per heavy atom. The molecule has 0 atom stereocenters. The third-order valence-electron chi connectivity index (χ3n) is 8.42. The number of hydrogen-bond donors (Lipinski definition) is 0. The van der Waals surface area contributed by atoms with E-state index in [1.807, 2.05) is 24.3 Å². The second-order valence-electron chi connectivity index (χ2n) is 10.9. The summed E-state index contributed by atoms with van der Waals surface area (Å²) in [4.78, 5) is 2.30. The van der Waals surface area contributed by atoms with E-state index in [9.17, 15) is 0 Å². The topological polar surface area (TPSA) is 29.5 Å². The van der Waals surface area contributed by atoms with Crippen LogP contribution in [0, 0.1) is 0 Å². The van der Waals surface area contributed by atoms with E-state index in [0.29, 0.717) is 0 Å². The van der Waals surface area contributed by atoms with Crippen LogP contribution in [0.15, 0.2) is 160 Å². The van der Waals surface area contributed by atoms with Gasteiger partial charge in [-0.3, -0.25) is 0 Å². The minimum atomic E-state index is 0.869. The van der Waals surface area contributed by atoms with Gasteiger partial charge in [-0.25, -0.2) is 0 Å². The zero-order chi connectivity index (χ0) is 28.3. The van der Waals surface area contributed by atoms with Crippen LogP contribution in [0.4, 0.5) is 17.1 Å². The van der Waals surface area contributed by atoms with E-state index in [1.54, 1.807) is 0 Å². The Balaban J connectivity index is 1.22. The van der Waals surface area contributed by atoms with Crippen LogP contribution in [0.2, 0.25) is 0 Å². The monoisotopic (exact) mass is 551 g/mol. The van der Waals surface area contributed by atoms with Gasteiger partial charge in [-0.15, -0.1) is 0 Å². The highest BCUT2D eigenvalue weighted by Gasteiger charge is 2.19. The maximum absolute atomic E-state index is 6.41. The average molecular weight is 552 g/mol. The standard InChI is InChI=1S/C40H25NO2/c1-3-10-29(11-4-1)41(30-12-5-2-6-13-30)31-21-20-26-24-28(19-18-27(26)25-31)32-15-9-17-35-38(32)40-37(43-35)23-22-36-39(40)33-14-7-8-16-34(33)42-36/h1-25H.